The second-order valence-electron chi connectivity index (χ2n) is 6.75. The number of carbonyl (C=O) groups is 1. The van der Waals surface area contributed by atoms with E-state index in [4.69, 9.17) is 19.4 Å². The predicted molar refractivity (Wildman–Crippen MR) is 110 cm³/mol. The number of hydrogen-bond donors (Lipinski definition) is 1. The average Bonchev–Trinajstić information content (AvgIpc) is 2.72. The number of benzene rings is 1. The molecule has 1 aliphatic heterocycles. The molecule has 1 aliphatic rings. The first kappa shape index (κ1) is 21.0. The highest BCUT2D eigenvalue weighted by Crippen LogP contribution is 2.29. The molecule has 1 amide bonds. The first-order chi connectivity index (χ1) is 13.7. The summed E-state index contributed by atoms with van der Waals surface area (Å²) in [6, 6.07) is 7.97. The topological polar surface area (TPSA) is 76.6 Å². The summed E-state index contributed by atoms with van der Waals surface area (Å²) in [6.07, 6.45) is 0.805. The van der Waals surface area contributed by atoms with Gasteiger partial charge >= 0.3 is 0 Å². The number of carbonyl (C=O) groups excluding carboxylic acids is 1. The van der Waals surface area contributed by atoms with Crippen molar-refractivity contribution >= 4 is 28.6 Å². The van der Waals surface area contributed by atoms with Gasteiger partial charge in [-0.1, -0.05) is 30.0 Å². The Morgan fingerprint density at radius 1 is 1.32 bits per heavy atom. The molecule has 1 saturated heterocycles. The van der Waals surface area contributed by atoms with E-state index in [1.165, 1.54) is 11.8 Å². The van der Waals surface area contributed by atoms with Crippen LogP contribution in [0.1, 0.15) is 19.2 Å². The Hall–Kier alpha value is -1.74. The highest BCUT2D eigenvalue weighted by Gasteiger charge is 2.19. The third kappa shape index (κ3) is 5.88. The van der Waals surface area contributed by atoms with Crippen LogP contribution >= 0.6 is 11.8 Å². The van der Waals surface area contributed by atoms with Crippen LogP contribution in [0.25, 0.3) is 10.9 Å². The van der Waals surface area contributed by atoms with Gasteiger partial charge in [0.15, 0.2) is 0 Å². The summed E-state index contributed by atoms with van der Waals surface area (Å²) in [6.45, 7) is 7.13. The minimum Gasteiger partial charge on any atom is -0.385 e. The normalized spacial score (nSPS) is 16.2. The Kier molecular flexibility index (Phi) is 8.02. The van der Waals surface area contributed by atoms with Gasteiger partial charge in [0.25, 0.3) is 0 Å². The van der Waals surface area contributed by atoms with Crippen LogP contribution in [0.2, 0.25) is 0 Å². The minimum atomic E-state index is -0.239. The molecule has 1 N–H and O–H groups in total. The SMILES string of the molecule is COCCCNC(=O)C(C)Sc1nc(CN2CCOCC2)nc2ccccc12. The zero-order chi connectivity index (χ0) is 19.8. The molecule has 0 saturated carbocycles. The fourth-order valence-corrected chi connectivity index (χ4v) is 3.99. The number of para-hydroxylation sites is 1. The minimum absolute atomic E-state index is 0.0125. The number of methoxy groups -OCH3 is 1. The molecule has 1 unspecified atom stereocenters. The van der Waals surface area contributed by atoms with Gasteiger partial charge in [-0.15, -0.1) is 0 Å². The Balaban J connectivity index is 1.72. The van der Waals surface area contributed by atoms with Crippen molar-refractivity contribution in [2.75, 3.05) is 46.6 Å². The maximum absolute atomic E-state index is 12.4. The molecule has 1 aromatic heterocycles. The van der Waals surface area contributed by atoms with Crippen LogP contribution < -0.4 is 5.32 Å². The lowest BCUT2D eigenvalue weighted by Crippen LogP contribution is -2.36. The summed E-state index contributed by atoms with van der Waals surface area (Å²) in [5.74, 6) is 0.800. The van der Waals surface area contributed by atoms with Crippen molar-refractivity contribution in [2.24, 2.45) is 0 Å². The summed E-state index contributed by atoms with van der Waals surface area (Å²) >= 11 is 1.48. The molecule has 1 atom stereocenters. The quantitative estimate of drug-likeness (QED) is 0.390. The lowest BCUT2D eigenvalue weighted by molar-refractivity contribution is -0.120. The first-order valence-electron chi connectivity index (χ1n) is 9.66. The molecule has 3 rings (SSSR count). The molecule has 28 heavy (non-hydrogen) atoms. The maximum Gasteiger partial charge on any atom is 0.233 e. The van der Waals surface area contributed by atoms with E-state index in [0.717, 1.165) is 54.5 Å². The fourth-order valence-electron chi connectivity index (χ4n) is 3.01. The zero-order valence-electron chi connectivity index (χ0n) is 16.5. The number of aromatic nitrogens is 2. The number of fused-ring (bicyclic) bond motifs is 1. The van der Waals surface area contributed by atoms with Crippen molar-refractivity contribution in [2.45, 2.75) is 30.2 Å². The van der Waals surface area contributed by atoms with Gasteiger partial charge in [0.2, 0.25) is 5.91 Å². The molecular weight excluding hydrogens is 376 g/mol. The van der Waals surface area contributed by atoms with Crippen LogP contribution in [-0.4, -0.2) is 72.6 Å². The molecule has 0 radical (unpaired) electrons. The second kappa shape index (κ2) is 10.7. The molecule has 2 heterocycles. The number of hydrogen-bond acceptors (Lipinski definition) is 7. The molecule has 0 spiro atoms. The van der Waals surface area contributed by atoms with Gasteiger partial charge < -0.3 is 14.8 Å². The molecule has 2 aromatic rings. The summed E-state index contributed by atoms with van der Waals surface area (Å²) in [7, 11) is 1.66. The number of rotatable bonds is 9. The second-order valence-corrected chi connectivity index (χ2v) is 8.08. The number of nitrogens with zero attached hydrogens (tertiary/aromatic N) is 3. The van der Waals surface area contributed by atoms with Crippen LogP contribution in [0.5, 0.6) is 0 Å². The number of morpholine rings is 1. The summed E-state index contributed by atoms with van der Waals surface area (Å²) in [5.41, 5.74) is 0.913. The van der Waals surface area contributed by atoms with Gasteiger partial charge in [0, 0.05) is 38.7 Å². The Morgan fingerprint density at radius 2 is 2.11 bits per heavy atom. The van der Waals surface area contributed by atoms with E-state index in [9.17, 15) is 4.79 Å². The molecular formula is C20H28N4O3S. The highest BCUT2D eigenvalue weighted by atomic mass is 32.2. The van der Waals surface area contributed by atoms with Crippen LogP contribution in [0.15, 0.2) is 29.3 Å². The summed E-state index contributed by atoms with van der Waals surface area (Å²) in [5, 5.41) is 4.56. The third-order valence-corrected chi connectivity index (χ3v) is 5.67. The van der Waals surface area contributed by atoms with Crippen LogP contribution in [0.3, 0.4) is 0 Å². The number of amides is 1. The molecule has 0 aliphatic carbocycles. The van der Waals surface area contributed by atoms with Crippen molar-refractivity contribution in [3.05, 3.63) is 30.1 Å². The van der Waals surface area contributed by atoms with Crippen molar-refractivity contribution in [1.82, 2.24) is 20.2 Å². The van der Waals surface area contributed by atoms with Gasteiger partial charge in [-0.3, -0.25) is 9.69 Å². The van der Waals surface area contributed by atoms with Crippen LogP contribution in [0, 0.1) is 0 Å². The van der Waals surface area contributed by atoms with Gasteiger partial charge in [-0.25, -0.2) is 9.97 Å². The van der Waals surface area contributed by atoms with Crippen LogP contribution in [-0.2, 0) is 20.8 Å². The van der Waals surface area contributed by atoms with Gasteiger partial charge in [-0.05, 0) is 19.4 Å². The standard InChI is InChI=1S/C20H28N4O3S/c1-15(19(25)21-8-5-11-26-2)28-20-16-6-3-4-7-17(16)22-18(23-20)14-24-9-12-27-13-10-24/h3-4,6-7,15H,5,8-14H2,1-2H3,(H,21,25). The zero-order valence-corrected chi connectivity index (χ0v) is 17.3. The summed E-state index contributed by atoms with van der Waals surface area (Å²) < 4.78 is 10.4. The monoisotopic (exact) mass is 404 g/mol. The van der Waals surface area contributed by atoms with E-state index in [1.807, 2.05) is 31.2 Å². The Bertz CT molecular complexity index is 783. The lowest BCUT2D eigenvalue weighted by Gasteiger charge is -2.26. The largest absolute Gasteiger partial charge is 0.385 e. The molecule has 152 valence electrons. The van der Waals surface area contributed by atoms with Crippen molar-refractivity contribution in [3.8, 4) is 0 Å². The smallest absolute Gasteiger partial charge is 0.233 e. The average molecular weight is 405 g/mol. The molecule has 1 fully saturated rings. The van der Waals surface area contributed by atoms with Gasteiger partial charge in [0.1, 0.15) is 10.9 Å². The lowest BCUT2D eigenvalue weighted by atomic mass is 10.2. The van der Waals surface area contributed by atoms with Crippen LogP contribution in [0.4, 0.5) is 0 Å². The van der Waals surface area contributed by atoms with Gasteiger partial charge in [-0.2, -0.15) is 0 Å². The van der Waals surface area contributed by atoms with E-state index in [-0.39, 0.29) is 11.2 Å². The predicted octanol–water partition coefficient (Wildman–Crippen LogP) is 2.10. The number of ether oxygens (including phenoxy) is 2. The van der Waals surface area contributed by atoms with Crippen molar-refractivity contribution < 1.29 is 14.3 Å². The van der Waals surface area contributed by atoms with E-state index >= 15 is 0 Å². The summed E-state index contributed by atoms with van der Waals surface area (Å²) in [4.78, 5) is 24.2. The Labute approximate surface area is 170 Å². The molecule has 8 heteroatoms. The van der Waals surface area contributed by atoms with Crippen molar-refractivity contribution in [3.63, 3.8) is 0 Å². The van der Waals surface area contributed by atoms with E-state index in [0.29, 0.717) is 19.7 Å². The van der Waals surface area contributed by atoms with Gasteiger partial charge in [0.05, 0.1) is 30.5 Å². The fraction of sp³-hybridized carbons (Fsp3) is 0.550. The van der Waals surface area contributed by atoms with Crippen molar-refractivity contribution in [1.29, 1.82) is 0 Å². The number of nitrogens with one attached hydrogen (secondary N) is 1. The van der Waals surface area contributed by atoms with E-state index in [2.05, 4.69) is 10.2 Å². The maximum atomic E-state index is 12.4. The molecule has 1 aromatic carbocycles. The van der Waals surface area contributed by atoms with E-state index < -0.39 is 0 Å². The Morgan fingerprint density at radius 3 is 2.89 bits per heavy atom. The molecule has 7 nitrogen and oxygen atoms in total. The molecule has 0 bridgehead atoms. The first-order valence-corrected chi connectivity index (χ1v) is 10.5. The van der Waals surface area contributed by atoms with E-state index in [1.54, 1.807) is 7.11 Å². The number of thioether (sulfide) groups is 1. The highest BCUT2D eigenvalue weighted by molar-refractivity contribution is 8.00. The third-order valence-electron chi connectivity index (χ3n) is 4.57.